The molecule has 0 aliphatic rings. The molecule has 4 rings (SSSR count). The number of carbonyl (C=O) groups excluding carboxylic acids is 2. The van der Waals surface area contributed by atoms with Crippen LogP contribution in [0.4, 0.5) is 20.2 Å². The topological polar surface area (TPSA) is 75.2 Å². The van der Waals surface area contributed by atoms with Crippen LogP contribution in [0, 0.1) is 11.6 Å². The van der Waals surface area contributed by atoms with E-state index in [-0.39, 0.29) is 11.4 Å². The summed E-state index contributed by atoms with van der Waals surface area (Å²) in [5, 5.41) is 2.71. The van der Waals surface area contributed by atoms with E-state index in [4.69, 9.17) is 0 Å². The first-order valence-electron chi connectivity index (χ1n) is 9.99. The lowest BCUT2D eigenvalue weighted by Crippen LogP contribution is -2.42. The summed E-state index contributed by atoms with van der Waals surface area (Å²) in [6.07, 6.45) is 4.04. The molecule has 1 aromatic heterocycles. The molecule has 0 saturated heterocycles. The van der Waals surface area contributed by atoms with Crippen LogP contribution in [0.25, 0.3) is 0 Å². The zero-order chi connectivity index (χ0) is 23.2. The minimum atomic E-state index is -1.19. The molecule has 8 heteroatoms. The minimum absolute atomic E-state index is 0.0164. The maximum absolute atomic E-state index is 14.1. The van der Waals surface area contributed by atoms with Crippen molar-refractivity contribution in [2.24, 2.45) is 0 Å². The number of anilines is 2. The van der Waals surface area contributed by atoms with Crippen LogP contribution in [0.3, 0.4) is 0 Å². The predicted octanol–water partition coefficient (Wildman–Crippen LogP) is 4.78. The summed E-state index contributed by atoms with van der Waals surface area (Å²) in [5.74, 6) is -2.24. The molecule has 1 atom stereocenters. The largest absolute Gasteiger partial charge is 0.324 e. The first kappa shape index (κ1) is 21.8. The van der Waals surface area contributed by atoms with Crippen molar-refractivity contribution < 1.29 is 18.4 Å². The average molecular weight is 444 g/mol. The lowest BCUT2D eigenvalue weighted by Gasteiger charge is -2.31. The molecule has 0 aliphatic carbocycles. The standard InChI is InChI=1S/C25H18F2N4O2/c26-18-9-11-20(12-10-18)30-24(32)23(17-5-2-1-3-6-17)31(21-8-4-7-19(27)15-21)25(33)22-16-28-13-14-29-22/h1-16,23H,(H,30,32)/t23-/m1/s1. The molecule has 164 valence electrons. The number of nitrogens with zero attached hydrogens (tertiary/aromatic N) is 3. The third-order valence-electron chi connectivity index (χ3n) is 4.82. The van der Waals surface area contributed by atoms with Crippen LogP contribution in [0.2, 0.25) is 0 Å². The zero-order valence-corrected chi connectivity index (χ0v) is 17.2. The molecule has 0 aliphatic heterocycles. The summed E-state index contributed by atoms with van der Waals surface area (Å²) in [4.78, 5) is 36.2. The third kappa shape index (κ3) is 5.07. The van der Waals surface area contributed by atoms with Crippen LogP contribution in [0.1, 0.15) is 22.1 Å². The molecule has 4 aromatic rings. The van der Waals surface area contributed by atoms with Gasteiger partial charge in [0, 0.05) is 23.8 Å². The van der Waals surface area contributed by atoms with E-state index in [9.17, 15) is 18.4 Å². The van der Waals surface area contributed by atoms with E-state index in [0.717, 1.165) is 6.07 Å². The second kappa shape index (κ2) is 9.78. The first-order chi connectivity index (χ1) is 16.0. The van der Waals surface area contributed by atoms with Crippen molar-refractivity contribution in [3.05, 3.63) is 120 Å². The van der Waals surface area contributed by atoms with Crippen LogP contribution >= 0.6 is 0 Å². The van der Waals surface area contributed by atoms with Crippen LogP contribution in [-0.4, -0.2) is 21.8 Å². The number of halogens is 2. The Morgan fingerprint density at radius 1 is 0.848 bits per heavy atom. The second-order valence-electron chi connectivity index (χ2n) is 7.06. The Balaban J connectivity index is 1.83. The molecule has 0 fully saturated rings. The highest BCUT2D eigenvalue weighted by Gasteiger charge is 2.34. The van der Waals surface area contributed by atoms with Crippen molar-refractivity contribution in [1.82, 2.24) is 9.97 Å². The van der Waals surface area contributed by atoms with Gasteiger partial charge in [0.25, 0.3) is 11.8 Å². The van der Waals surface area contributed by atoms with Crippen molar-refractivity contribution in [3.63, 3.8) is 0 Å². The van der Waals surface area contributed by atoms with Gasteiger partial charge in [0.05, 0.1) is 6.20 Å². The highest BCUT2D eigenvalue weighted by Crippen LogP contribution is 2.31. The molecule has 0 saturated carbocycles. The lowest BCUT2D eigenvalue weighted by atomic mass is 10.0. The van der Waals surface area contributed by atoms with Crippen molar-refractivity contribution in [2.75, 3.05) is 10.2 Å². The van der Waals surface area contributed by atoms with Gasteiger partial charge in [-0.05, 0) is 48.0 Å². The maximum atomic E-state index is 14.1. The monoisotopic (exact) mass is 444 g/mol. The summed E-state index contributed by atoms with van der Waals surface area (Å²) in [7, 11) is 0. The van der Waals surface area contributed by atoms with Crippen molar-refractivity contribution in [3.8, 4) is 0 Å². The van der Waals surface area contributed by atoms with Crippen LogP contribution in [-0.2, 0) is 4.79 Å². The molecule has 0 radical (unpaired) electrons. The van der Waals surface area contributed by atoms with E-state index in [1.165, 1.54) is 66.0 Å². The number of benzene rings is 3. The number of aromatic nitrogens is 2. The van der Waals surface area contributed by atoms with Gasteiger partial charge >= 0.3 is 0 Å². The summed E-state index contributed by atoms with van der Waals surface area (Å²) >= 11 is 0. The quantitative estimate of drug-likeness (QED) is 0.464. The summed E-state index contributed by atoms with van der Waals surface area (Å²) in [6.45, 7) is 0. The smallest absolute Gasteiger partial charge is 0.279 e. The van der Waals surface area contributed by atoms with E-state index in [0.29, 0.717) is 11.3 Å². The molecule has 6 nitrogen and oxygen atoms in total. The Bertz CT molecular complexity index is 1250. The van der Waals surface area contributed by atoms with Gasteiger partial charge in [0.15, 0.2) is 0 Å². The van der Waals surface area contributed by atoms with Gasteiger partial charge in [0.1, 0.15) is 23.4 Å². The van der Waals surface area contributed by atoms with Gasteiger partial charge in [0.2, 0.25) is 0 Å². The fourth-order valence-electron chi connectivity index (χ4n) is 3.34. The molecule has 0 unspecified atom stereocenters. The molecule has 0 bridgehead atoms. The van der Waals surface area contributed by atoms with Gasteiger partial charge in [-0.2, -0.15) is 0 Å². The van der Waals surface area contributed by atoms with E-state index < -0.39 is 29.5 Å². The van der Waals surface area contributed by atoms with Gasteiger partial charge in [-0.3, -0.25) is 19.5 Å². The Morgan fingerprint density at radius 3 is 2.27 bits per heavy atom. The SMILES string of the molecule is O=C(Nc1ccc(F)cc1)[C@@H](c1ccccc1)N(C(=O)c1cnccn1)c1cccc(F)c1. The van der Waals surface area contributed by atoms with Gasteiger partial charge in [-0.15, -0.1) is 0 Å². The maximum Gasteiger partial charge on any atom is 0.279 e. The molecule has 0 spiro atoms. The summed E-state index contributed by atoms with van der Waals surface area (Å²) < 4.78 is 27.5. The highest BCUT2D eigenvalue weighted by atomic mass is 19.1. The molecule has 1 N–H and O–H groups in total. The normalized spacial score (nSPS) is 11.5. The van der Waals surface area contributed by atoms with Crippen LogP contribution in [0.15, 0.2) is 97.5 Å². The highest BCUT2D eigenvalue weighted by molar-refractivity contribution is 6.11. The Morgan fingerprint density at radius 2 is 1.61 bits per heavy atom. The fraction of sp³-hybridized carbons (Fsp3) is 0.0400. The molecular weight excluding hydrogens is 426 g/mol. The number of hydrogen-bond donors (Lipinski definition) is 1. The number of nitrogens with one attached hydrogen (secondary N) is 1. The summed E-state index contributed by atoms with van der Waals surface area (Å²) in [6, 6.07) is 18.0. The van der Waals surface area contributed by atoms with Crippen molar-refractivity contribution in [2.45, 2.75) is 6.04 Å². The second-order valence-corrected chi connectivity index (χ2v) is 7.06. The molecule has 1 heterocycles. The minimum Gasteiger partial charge on any atom is -0.324 e. The number of carbonyl (C=O) groups is 2. The van der Waals surface area contributed by atoms with E-state index >= 15 is 0 Å². The van der Waals surface area contributed by atoms with Crippen LogP contribution in [0.5, 0.6) is 0 Å². The molecular formula is C25H18F2N4O2. The Labute approximate surface area is 188 Å². The molecule has 3 aromatic carbocycles. The first-order valence-corrected chi connectivity index (χ1v) is 9.99. The number of rotatable bonds is 6. The average Bonchev–Trinajstić information content (AvgIpc) is 2.84. The van der Waals surface area contributed by atoms with Gasteiger partial charge in [-0.1, -0.05) is 36.4 Å². The lowest BCUT2D eigenvalue weighted by molar-refractivity contribution is -0.117. The zero-order valence-electron chi connectivity index (χ0n) is 17.2. The molecule has 33 heavy (non-hydrogen) atoms. The Hall–Kier alpha value is -4.46. The number of hydrogen-bond acceptors (Lipinski definition) is 4. The van der Waals surface area contributed by atoms with Crippen molar-refractivity contribution in [1.29, 1.82) is 0 Å². The van der Waals surface area contributed by atoms with E-state index in [1.54, 1.807) is 30.3 Å². The Kier molecular flexibility index (Phi) is 6.45. The summed E-state index contributed by atoms with van der Waals surface area (Å²) in [5.41, 5.74) is 0.970. The van der Waals surface area contributed by atoms with E-state index in [2.05, 4.69) is 15.3 Å². The molecule has 2 amide bonds. The third-order valence-corrected chi connectivity index (χ3v) is 4.82. The van der Waals surface area contributed by atoms with Gasteiger partial charge in [-0.25, -0.2) is 13.8 Å². The van der Waals surface area contributed by atoms with E-state index in [1.807, 2.05) is 0 Å². The fourth-order valence-corrected chi connectivity index (χ4v) is 3.34. The predicted molar refractivity (Wildman–Crippen MR) is 119 cm³/mol. The number of amides is 2. The van der Waals surface area contributed by atoms with Gasteiger partial charge < -0.3 is 5.32 Å². The van der Waals surface area contributed by atoms with Crippen molar-refractivity contribution >= 4 is 23.2 Å². The van der Waals surface area contributed by atoms with Crippen LogP contribution < -0.4 is 10.2 Å².